The summed E-state index contributed by atoms with van der Waals surface area (Å²) in [5, 5.41) is 8.21. The van der Waals surface area contributed by atoms with Gasteiger partial charge in [0.2, 0.25) is 0 Å². The molecular weight excluding hydrogens is 489 g/mol. The topological polar surface area (TPSA) is 97.0 Å². The molecule has 0 radical (unpaired) electrons. The maximum Gasteiger partial charge on any atom is 0.410 e. The highest BCUT2D eigenvalue weighted by Crippen LogP contribution is 2.43. The molecule has 0 saturated carbocycles. The number of pyridine rings is 1. The van der Waals surface area contributed by atoms with Gasteiger partial charge in [0.05, 0.1) is 16.8 Å². The van der Waals surface area contributed by atoms with Crippen LogP contribution in [0.25, 0.3) is 16.6 Å². The van der Waals surface area contributed by atoms with Gasteiger partial charge in [0.1, 0.15) is 11.1 Å². The molecule has 0 aliphatic carbocycles. The van der Waals surface area contributed by atoms with Crippen LogP contribution >= 0.6 is 0 Å². The number of nitrogens with zero attached hydrogens (tertiary/aromatic N) is 6. The van der Waals surface area contributed by atoms with Crippen LogP contribution < -0.4 is 10.2 Å². The molecule has 5 heterocycles. The summed E-state index contributed by atoms with van der Waals surface area (Å²) < 4.78 is 23.2. The van der Waals surface area contributed by atoms with E-state index in [-0.39, 0.29) is 23.2 Å². The predicted octanol–water partition coefficient (Wildman–Crippen LogP) is 4.20. The Morgan fingerprint density at radius 1 is 1.16 bits per heavy atom. The number of carbonyl (C=O) groups excluding carboxylic acids is 2. The molecule has 11 heteroatoms. The second-order valence-corrected chi connectivity index (χ2v) is 11.2. The Balaban J connectivity index is 1.26. The first-order chi connectivity index (χ1) is 18.0. The molecule has 1 aromatic carbocycles. The molecule has 3 aromatic heterocycles. The van der Waals surface area contributed by atoms with Gasteiger partial charge in [-0.25, -0.2) is 14.2 Å². The predicted molar refractivity (Wildman–Crippen MR) is 141 cm³/mol. The Hall–Kier alpha value is -4.15. The molecule has 2 aliphatic heterocycles. The van der Waals surface area contributed by atoms with E-state index in [2.05, 4.69) is 20.3 Å². The van der Waals surface area contributed by atoms with E-state index in [0.29, 0.717) is 29.9 Å². The zero-order valence-corrected chi connectivity index (χ0v) is 21.9. The summed E-state index contributed by atoms with van der Waals surface area (Å²) in [7, 11) is 1.81. The van der Waals surface area contributed by atoms with Crippen molar-refractivity contribution in [2.75, 3.05) is 29.9 Å². The fourth-order valence-corrected chi connectivity index (χ4v) is 5.55. The molecule has 198 valence electrons. The van der Waals surface area contributed by atoms with Gasteiger partial charge in [0.25, 0.3) is 5.91 Å². The van der Waals surface area contributed by atoms with Gasteiger partial charge in [-0.1, -0.05) is 0 Å². The van der Waals surface area contributed by atoms with Gasteiger partial charge in [-0.15, -0.1) is 0 Å². The third-order valence-electron chi connectivity index (χ3n) is 7.37. The van der Waals surface area contributed by atoms with E-state index in [4.69, 9.17) is 4.74 Å². The largest absolute Gasteiger partial charge is 0.444 e. The Labute approximate surface area is 219 Å². The zero-order valence-electron chi connectivity index (χ0n) is 21.9. The van der Waals surface area contributed by atoms with Gasteiger partial charge in [-0.2, -0.15) is 5.10 Å². The number of aromatic nitrogens is 4. The Morgan fingerprint density at radius 3 is 2.68 bits per heavy atom. The molecule has 1 atom stereocenters. The fourth-order valence-electron chi connectivity index (χ4n) is 5.55. The van der Waals surface area contributed by atoms with Gasteiger partial charge < -0.3 is 24.3 Å². The number of carbonyl (C=O) groups is 2. The smallest absolute Gasteiger partial charge is 0.410 e. The lowest BCUT2D eigenvalue weighted by Crippen LogP contribution is -2.64. The van der Waals surface area contributed by atoms with Crippen molar-refractivity contribution in [2.45, 2.75) is 44.8 Å². The summed E-state index contributed by atoms with van der Waals surface area (Å²) in [5.74, 6) is -0.905. The minimum atomic E-state index is -0.541. The summed E-state index contributed by atoms with van der Waals surface area (Å²) in [4.78, 5) is 34.2. The summed E-state index contributed by atoms with van der Waals surface area (Å²) >= 11 is 0. The molecule has 6 rings (SSSR count). The number of halogens is 1. The zero-order chi connectivity index (χ0) is 26.8. The first-order valence-corrected chi connectivity index (χ1v) is 12.7. The van der Waals surface area contributed by atoms with Crippen LogP contribution in [0.2, 0.25) is 0 Å². The molecule has 0 bridgehead atoms. The Kier molecular flexibility index (Phi) is 5.37. The van der Waals surface area contributed by atoms with E-state index in [1.807, 2.05) is 45.0 Å². The number of imidazole rings is 1. The Morgan fingerprint density at radius 2 is 1.95 bits per heavy atom. The summed E-state index contributed by atoms with van der Waals surface area (Å²) in [6.07, 6.45) is 8.14. The molecule has 4 aromatic rings. The van der Waals surface area contributed by atoms with Crippen LogP contribution in [0.3, 0.4) is 0 Å². The van der Waals surface area contributed by atoms with Crippen LogP contribution in [0.4, 0.5) is 20.6 Å². The molecule has 1 unspecified atom stereocenters. The number of benzene rings is 1. The van der Waals surface area contributed by atoms with Crippen LogP contribution in [-0.4, -0.2) is 66.8 Å². The SMILES string of the molecule is Cn1cc2c(N3CCC4(CCN4C(=O)OC(C)(C)C)C3)ccc(C(=O)Nc3cc(F)c4nccn4c3)c2n1. The number of likely N-dealkylation sites (tertiary alicyclic amines) is 1. The van der Waals surface area contributed by atoms with Crippen LogP contribution in [-0.2, 0) is 11.8 Å². The molecule has 10 nitrogen and oxygen atoms in total. The first kappa shape index (κ1) is 24.2. The van der Waals surface area contributed by atoms with Crippen LogP contribution in [0, 0.1) is 5.82 Å². The van der Waals surface area contributed by atoms with Crippen LogP contribution in [0.15, 0.2) is 43.0 Å². The second kappa shape index (κ2) is 8.44. The molecule has 2 fully saturated rings. The maximum atomic E-state index is 14.4. The lowest BCUT2D eigenvalue weighted by molar-refractivity contribution is -0.0362. The molecule has 2 saturated heterocycles. The van der Waals surface area contributed by atoms with E-state index in [1.165, 1.54) is 16.7 Å². The molecule has 38 heavy (non-hydrogen) atoms. The minimum Gasteiger partial charge on any atom is -0.444 e. The number of fused-ring (bicyclic) bond motifs is 2. The average molecular weight is 520 g/mol. The number of amides is 2. The lowest BCUT2D eigenvalue weighted by atomic mass is 9.84. The van der Waals surface area contributed by atoms with Gasteiger partial charge in [0.15, 0.2) is 11.5 Å². The van der Waals surface area contributed by atoms with Gasteiger partial charge >= 0.3 is 6.09 Å². The third-order valence-corrected chi connectivity index (χ3v) is 7.37. The second-order valence-electron chi connectivity index (χ2n) is 11.2. The highest BCUT2D eigenvalue weighted by atomic mass is 19.1. The molecule has 2 amide bonds. The van der Waals surface area contributed by atoms with Gasteiger partial charge in [-0.3, -0.25) is 9.48 Å². The molecule has 2 aliphatic rings. The van der Waals surface area contributed by atoms with Crippen LogP contribution in [0.5, 0.6) is 0 Å². The van der Waals surface area contributed by atoms with Crippen molar-refractivity contribution >= 4 is 39.9 Å². The molecule has 1 spiro atoms. The lowest BCUT2D eigenvalue weighted by Gasteiger charge is -2.50. The summed E-state index contributed by atoms with van der Waals surface area (Å²) in [5.41, 5.74) is 1.64. The van der Waals surface area contributed by atoms with E-state index in [1.54, 1.807) is 23.1 Å². The van der Waals surface area contributed by atoms with E-state index < -0.39 is 11.4 Å². The third kappa shape index (κ3) is 4.02. The molecular formula is C27H30FN7O3. The summed E-state index contributed by atoms with van der Waals surface area (Å²) in [6, 6.07) is 4.93. The van der Waals surface area contributed by atoms with Gasteiger partial charge in [0, 0.05) is 68.6 Å². The maximum absolute atomic E-state index is 14.4. The highest BCUT2D eigenvalue weighted by molar-refractivity contribution is 6.14. The van der Waals surface area contributed by atoms with Crippen molar-refractivity contribution in [2.24, 2.45) is 7.05 Å². The number of ether oxygens (including phenoxy) is 1. The Bertz CT molecular complexity index is 1590. The highest BCUT2D eigenvalue weighted by Gasteiger charge is 2.53. The number of rotatable bonds is 3. The van der Waals surface area contributed by atoms with Crippen molar-refractivity contribution < 1.29 is 18.7 Å². The van der Waals surface area contributed by atoms with Crippen molar-refractivity contribution in [3.8, 4) is 0 Å². The number of aryl methyl sites for hydroxylation is 1. The van der Waals surface area contributed by atoms with Crippen molar-refractivity contribution in [1.82, 2.24) is 24.1 Å². The van der Waals surface area contributed by atoms with Crippen LogP contribution in [0.1, 0.15) is 44.0 Å². The minimum absolute atomic E-state index is 0.194. The van der Waals surface area contributed by atoms with Gasteiger partial charge in [-0.05, 0) is 45.7 Å². The quantitative estimate of drug-likeness (QED) is 0.436. The molecule has 1 N–H and O–H groups in total. The number of hydrogen-bond donors (Lipinski definition) is 1. The number of anilines is 2. The fraction of sp³-hybridized carbons (Fsp3) is 0.407. The number of hydrogen-bond acceptors (Lipinski definition) is 6. The first-order valence-electron chi connectivity index (χ1n) is 12.7. The monoisotopic (exact) mass is 519 g/mol. The standard InChI is InChI=1S/C27H30FN7O3/c1-26(2,3)38-25(37)35-11-8-27(35)7-10-34(16-27)21-6-5-18(22-19(21)15-32(4)31-22)24(36)30-17-13-20(28)23-29-9-12-33(23)14-17/h5-6,9,12-15H,7-8,10-11,16H2,1-4H3,(H,30,36). The van der Waals surface area contributed by atoms with Crippen molar-refractivity contribution in [3.63, 3.8) is 0 Å². The summed E-state index contributed by atoms with van der Waals surface area (Å²) in [6.45, 7) is 7.78. The number of nitrogens with one attached hydrogen (secondary N) is 1. The van der Waals surface area contributed by atoms with E-state index >= 15 is 0 Å². The van der Waals surface area contributed by atoms with E-state index in [9.17, 15) is 14.0 Å². The van der Waals surface area contributed by atoms with Crippen molar-refractivity contribution in [1.29, 1.82) is 0 Å². The normalized spacial score (nSPS) is 19.4. The van der Waals surface area contributed by atoms with E-state index in [0.717, 1.165) is 30.5 Å². The average Bonchev–Trinajstić information content (AvgIpc) is 3.54. The van der Waals surface area contributed by atoms with Crippen molar-refractivity contribution in [3.05, 3.63) is 54.4 Å².